The van der Waals surface area contributed by atoms with Crippen molar-refractivity contribution in [1.82, 2.24) is 4.98 Å². The van der Waals surface area contributed by atoms with Gasteiger partial charge in [0, 0.05) is 11.1 Å². The summed E-state index contributed by atoms with van der Waals surface area (Å²) in [7, 11) is 1.53. The van der Waals surface area contributed by atoms with E-state index in [2.05, 4.69) is 4.98 Å². The van der Waals surface area contributed by atoms with Gasteiger partial charge in [-0.25, -0.2) is 4.98 Å². The first-order valence-electron chi connectivity index (χ1n) is 4.88. The summed E-state index contributed by atoms with van der Waals surface area (Å²) in [5.74, 6) is 0.519. The Kier molecular flexibility index (Phi) is 4.23. The molecular weight excluding hydrogens is 316 g/mol. The Bertz CT molecular complexity index is 601. The Balaban J connectivity index is 2.76. The summed E-state index contributed by atoms with van der Waals surface area (Å²) in [6.07, 6.45) is 1.51. The van der Waals surface area contributed by atoms with E-state index in [1.54, 1.807) is 18.2 Å². The quantitative estimate of drug-likeness (QED) is 0.547. The summed E-state index contributed by atoms with van der Waals surface area (Å²) < 4.78 is 5.22. The smallest absolute Gasteiger partial charge is 0.145 e. The van der Waals surface area contributed by atoms with Gasteiger partial charge in [0.2, 0.25) is 0 Å². The van der Waals surface area contributed by atoms with Crippen molar-refractivity contribution in [3.63, 3.8) is 0 Å². The van der Waals surface area contributed by atoms with Crippen LogP contribution in [0.4, 0.5) is 0 Å². The number of hydrogen-bond acceptors (Lipinski definition) is 2. The molecule has 0 N–H and O–H groups in total. The van der Waals surface area contributed by atoms with Crippen LogP contribution in [0.15, 0.2) is 24.4 Å². The zero-order valence-corrected chi connectivity index (χ0v) is 12.2. The van der Waals surface area contributed by atoms with E-state index < -0.39 is 0 Å². The number of aromatic nitrogens is 1. The Hall–Kier alpha value is -0.670. The average molecular weight is 323 g/mol. The van der Waals surface area contributed by atoms with Crippen LogP contribution in [0.1, 0.15) is 0 Å². The molecule has 94 valence electrons. The highest BCUT2D eigenvalue weighted by molar-refractivity contribution is 6.46. The van der Waals surface area contributed by atoms with Crippen LogP contribution in [0.5, 0.6) is 5.75 Å². The molecule has 1 aromatic carbocycles. The molecule has 2 aromatic rings. The molecule has 0 aliphatic rings. The highest BCUT2D eigenvalue weighted by atomic mass is 35.5. The van der Waals surface area contributed by atoms with E-state index in [1.807, 2.05) is 0 Å². The lowest BCUT2D eigenvalue weighted by Crippen LogP contribution is -1.91. The predicted octanol–water partition coefficient (Wildman–Crippen LogP) is 5.37. The van der Waals surface area contributed by atoms with Gasteiger partial charge >= 0.3 is 0 Å². The number of nitrogens with zero attached hydrogens (tertiary/aromatic N) is 1. The fourth-order valence-corrected chi connectivity index (χ4v) is 2.44. The molecule has 6 heteroatoms. The van der Waals surface area contributed by atoms with E-state index in [0.29, 0.717) is 37.1 Å². The molecule has 0 saturated carbocycles. The van der Waals surface area contributed by atoms with Gasteiger partial charge in [0.05, 0.1) is 28.4 Å². The second-order valence-corrected chi connectivity index (χ2v) is 5.01. The molecule has 0 fully saturated rings. The summed E-state index contributed by atoms with van der Waals surface area (Å²) in [6.45, 7) is 0. The molecule has 0 unspecified atom stereocenters. The Morgan fingerprint density at radius 1 is 1.06 bits per heavy atom. The molecule has 0 bridgehead atoms. The lowest BCUT2D eigenvalue weighted by atomic mass is 10.1. The molecule has 0 saturated heterocycles. The molecule has 1 heterocycles. The Morgan fingerprint density at radius 3 is 2.39 bits per heavy atom. The summed E-state index contributed by atoms with van der Waals surface area (Å²) in [6, 6.07) is 4.92. The van der Waals surface area contributed by atoms with Crippen LogP contribution in [0, 0.1) is 0 Å². The van der Waals surface area contributed by atoms with Crippen molar-refractivity contribution in [3.8, 4) is 16.9 Å². The van der Waals surface area contributed by atoms with E-state index in [4.69, 9.17) is 51.1 Å². The molecule has 1 aromatic heterocycles. The minimum atomic E-state index is 0.318. The van der Waals surface area contributed by atoms with E-state index in [1.165, 1.54) is 13.3 Å². The average Bonchev–Trinajstić information content (AvgIpc) is 2.35. The van der Waals surface area contributed by atoms with Crippen molar-refractivity contribution >= 4 is 46.4 Å². The van der Waals surface area contributed by atoms with Crippen molar-refractivity contribution in [2.75, 3.05) is 7.11 Å². The number of rotatable bonds is 2. The number of pyridine rings is 1. The van der Waals surface area contributed by atoms with Crippen molar-refractivity contribution < 1.29 is 4.74 Å². The third-order valence-corrected chi connectivity index (χ3v) is 3.69. The normalized spacial score (nSPS) is 10.5. The zero-order valence-electron chi connectivity index (χ0n) is 9.18. The first-order chi connectivity index (χ1) is 8.54. The largest absolute Gasteiger partial charge is 0.494 e. The lowest BCUT2D eigenvalue weighted by Gasteiger charge is -2.12. The maximum absolute atomic E-state index is 6.18. The van der Waals surface area contributed by atoms with Gasteiger partial charge in [-0.2, -0.15) is 0 Å². The number of methoxy groups -OCH3 is 1. The minimum Gasteiger partial charge on any atom is -0.494 e. The van der Waals surface area contributed by atoms with E-state index in [0.717, 1.165) is 0 Å². The molecule has 0 aliphatic heterocycles. The van der Waals surface area contributed by atoms with Crippen LogP contribution >= 0.6 is 46.4 Å². The van der Waals surface area contributed by atoms with Gasteiger partial charge in [-0.05, 0) is 18.2 Å². The maximum Gasteiger partial charge on any atom is 0.145 e. The fraction of sp³-hybridized carbons (Fsp3) is 0.0833. The number of hydrogen-bond donors (Lipinski definition) is 0. The van der Waals surface area contributed by atoms with Gasteiger partial charge in [-0.15, -0.1) is 0 Å². The summed E-state index contributed by atoms with van der Waals surface area (Å²) in [5, 5.41) is 1.54. The molecule has 0 aliphatic carbocycles. The monoisotopic (exact) mass is 321 g/mol. The van der Waals surface area contributed by atoms with Crippen LogP contribution < -0.4 is 4.74 Å². The first kappa shape index (κ1) is 13.8. The van der Waals surface area contributed by atoms with Crippen molar-refractivity contribution in [2.24, 2.45) is 0 Å². The fourth-order valence-electron chi connectivity index (χ4n) is 1.55. The highest BCUT2D eigenvalue weighted by Gasteiger charge is 2.16. The van der Waals surface area contributed by atoms with Crippen LogP contribution in [0.3, 0.4) is 0 Å². The van der Waals surface area contributed by atoms with Crippen LogP contribution in [0.25, 0.3) is 11.1 Å². The third kappa shape index (κ3) is 2.52. The van der Waals surface area contributed by atoms with Gasteiger partial charge in [0.15, 0.2) is 0 Å². The van der Waals surface area contributed by atoms with Crippen molar-refractivity contribution in [2.45, 2.75) is 0 Å². The van der Waals surface area contributed by atoms with Gasteiger partial charge in [-0.3, -0.25) is 0 Å². The second kappa shape index (κ2) is 5.54. The molecule has 0 amide bonds. The van der Waals surface area contributed by atoms with Gasteiger partial charge in [-0.1, -0.05) is 46.4 Å². The Morgan fingerprint density at radius 2 is 1.72 bits per heavy atom. The maximum atomic E-state index is 6.18. The molecule has 18 heavy (non-hydrogen) atoms. The summed E-state index contributed by atoms with van der Waals surface area (Å²) >= 11 is 24.2. The minimum absolute atomic E-state index is 0.318. The lowest BCUT2D eigenvalue weighted by molar-refractivity contribution is 0.414. The van der Waals surface area contributed by atoms with Gasteiger partial charge in [0.25, 0.3) is 0 Å². The molecule has 0 radical (unpaired) electrons. The van der Waals surface area contributed by atoms with Crippen molar-refractivity contribution in [3.05, 3.63) is 44.6 Å². The SMILES string of the molecule is COc1cnc(Cl)cc1-c1c(Cl)ccc(Cl)c1Cl. The van der Waals surface area contributed by atoms with Crippen LogP contribution in [-0.2, 0) is 0 Å². The first-order valence-corrected chi connectivity index (χ1v) is 6.39. The molecule has 2 nitrogen and oxygen atoms in total. The zero-order chi connectivity index (χ0) is 13.3. The van der Waals surface area contributed by atoms with Gasteiger partial charge < -0.3 is 4.74 Å². The van der Waals surface area contributed by atoms with Crippen molar-refractivity contribution in [1.29, 1.82) is 0 Å². The predicted molar refractivity (Wildman–Crippen MR) is 76.3 cm³/mol. The standard InChI is InChI=1S/C12H7Cl4NO/c1-18-9-5-17-10(15)4-6(9)11-7(13)2-3-8(14)12(11)16/h2-5H,1H3. The van der Waals surface area contributed by atoms with E-state index in [9.17, 15) is 0 Å². The highest BCUT2D eigenvalue weighted by Crippen LogP contribution is 2.43. The topological polar surface area (TPSA) is 22.1 Å². The number of halogens is 4. The Labute approximate surface area is 124 Å². The molecule has 0 spiro atoms. The number of benzene rings is 1. The van der Waals surface area contributed by atoms with Gasteiger partial charge in [0.1, 0.15) is 10.9 Å². The molecular formula is C12H7Cl4NO. The number of ether oxygens (including phenoxy) is 1. The van der Waals surface area contributed by atoms with E-state index >= 15 is 0 Å². The van der Waals surface area contributed by atoms with E-state index in [-0.39, 0.29) is 0 Å². The van der Waals surface area contributed by atoms with Crippen LogP contribution in [0.2, 0.25) is 20.2 Å². The molecule has 2 rings (SSSR count). The van der Waals surface area contributed by atoms with Crippen LogP contribution in [-0.4, -0.2) is 12.1 Å². The summed E-state index contributed by atoms with van der Waals surface area (Å²) in [4.78, 5) is 3.94. The second-order valence-electron chi connectivity index (χ2n) is 3.43. The summed E-state index contributed by atoms with van der Waals surface area (Å²) in [5.41, 5.74) is 1.22. The third-order valence-electron chi connectivity index (χ3n) is 2.37. The molecule has 0 atom stereocenters.